The molecule has 4 amide bonds. The topological polar surface area (TPSA) is 248 Å². The minimum Gasteiger partial charge on any atom is -0.399 e. The van der Waals surface area contributed by atoms with Crippen molar-refractivity contribution in [3.05, 3.63) is 125 Å². The van der Waals surface area contributed by atoms with E-state index in [2.05, 4.69) is 54.4 Å². The van der Waals surface area contributed by atoms with E-state index in [1.54, 1.807) is 30.3 Å². The first kappa shape index (κ1) is 58.2. The average molecular weight is 1080 g/mol. The summed E-state index contributed by atoms with van der Waals surface area (Å²) < 4.78 is 17.0. The van der Waals surface area contributed by atoms with Gasteiger partial charge in [-0.1, -0.05) is 55.2 Å². The zero-order valence-corrected chi connectivity index (χ0v) is 45.2. The fraction of sp³-hybridized carbons (Fsp3) is 0.424. The van der Waals surface area contributed by atoms with Gasteiger partial charge in [-0.25, -0.2) is 15.0 Å². The van der Waals surface area contributed by atoms with E-state index in [0.717, 1.165) is 67.3 Å². The average Bonchev–Trinajstić information content (AvgIpc) is 4.16. The van der Waals surface area contributed by atoms with Crippen LogP contribution in [0.3, 0.4) is 0 Å². The van der Waals surface area contributed by atoms with Gasteiger partial charge >= 0.3 is 0 Å². The predicted octanol–water partition coefficient (Wildman–Crippen LogP) is 6.22. The molecule has 5 atom stereocenters. The van der Waals surface area contributed by atoms with E-state index in [-0.39, 0.29) is 66.8 Å². The summed E-state index contributed by atoms with van der Waals surface area (Å²) in [6.07, 6.45) is 6.43. The fourth-order valence-corrected chi connectivity index (χ4v) is 10.1. The summed E-state index contributed by atoms with van der Waals surface area (Å²) in [5, 5.41) is 24.7. The van der Waals surface area contributed by atoms with E-state index in [1.165, 1.54) is 0 Å². The quantitative estimate of drug-likeness (QED) is 0.0242. The lowest BCUT2D eigenvalue weighted by Gasteiger charge is -2.35. The minimum atomic E-state index is -0.412. The summed E-state index contributed by atoms with van der Waals surface area (Å²) in [7, 11) is 0. The largest absolute Gasteiger partial charge is 0.399 e. The molecule has 19 heteroatoms. The number of nitriles is 1. The number of anilines is 2. The van der Waals surface area contributed by atoms with Crippen LogP contribution in [-0.2, 0) is 23.8 Å². The zero-order valence-electron chi connectivity index (χ0n) is 44.4. The highest BCUT2D eigenvalue weighted by atomic mass is 35.5. The van der Waals surface area contributed by atoms with E-state index in [9.17, 15) is 24.4 Å². The van der Waals surface area contributed by atoms with Gasteiger partial charge in [0.05, 0.1) is 63.0 Å². The molecule has 1 saturated carbocycles. The number of hydrogen-bond donors (Lipinski definition) is 6. The van der Waals surface area contributed by atoms with Crippen LogP contribution in [0.1, 0.15) is 108 Å². The zero-order chi connectivity index (χ0) is 53.9. The van der Waals surface area contributed by atoms with Crippen LogP contribution >= 0.6 is 12.4 Å². The lowest BCUT2D eigenvalue weighted by molar-refractivity contribution is -0.123. The van der Waals surface area contributed by atoms with E-state index >= 15 is 0 Å². The van der Waals surface area contributed by atoms with Gasteiger partial charge in [0.2, 0.25) is 11.8 Å². The number of nitrogens with one attached hydrogen (secondary N) is 5. The van der Waals surface area contributed by atoms with Gasteiger partial charge in [-0.15, -0.1) is 12.4 Å². The molecule has 0 bridgehead atoms. The maximum atomic E-state index is 13.9. The maximum Gasteiger partial charge on any atom is 0.270 e. The van der Waals surface area contributed by atoms with Gasteiger partial charge in [-0.05, 0) is 129 Å². The van der Waals surface area contributed by atoms with Crippen molar-refractivity contribution >= 4 is 47.5 Å². The molecule has 4 heterocycles. The molecule has 7 N–H and O–H groups in total. The first-order valence-corrected chi connectivity index (χ1v) is 26.7. The number of nitrogens with zero attached hydrogens (tertiary/aromatic N) is 5. The second kappa shape index (κ2) is 29.3. The Hall–Kier alpha value is -7.45. The molecule has 5 aromatic rings. The third-order valence-electron chi connectivity index (χ3n) is 14.0. The van der Waals surface area contributed by atoms with Crippen molar-refractivity contribution in [3.63, 3.8) is 0 Å². The van der Waals surface area contributed by atoms with Crippen LogP contribution in [0, 0.1) is 36.0 Å². The van der Waals surface area contributed by atoms with Crippen LogP contribution in [0.5, 0.6) is 0 Å². The molecule has 0 unspecified atom stereocenters. The van der Waals surface area contributed by atoms with Gasteiger partial charge in [-0.3, -0.25) is 19.2 Å². The SMILES string of the molecule is Cc1nc([C@H](C)NC(=O)c2ccc(-c3ccc(N)cc3)cc2)cc(N2[C@H](C(=O)NCCOCCOCCOCCC(=O)NCCC#Cc3cc(-c4cccc(C#N)c4)cc(C(=O)N[C@@H]4CCNC4)n3)C[C@@H]3CCCC[C@@H]32)n1.Cl. The normalized spacial score (nSPS) is 17.8. The highest BCUT2D eigenvalue weighted by molar-refractivity contribution is 5.95. The molecule has 3 fully saturated rings. The lowest BCUT2D eigenvalue weighted by Crippen LogP contribution is -2.48. The van der Waals surface area contributed by atoms with Crippen LogP contribution < -0.4 is 37.2 Å². The molecular formula is C59H70ClN11O7. The molecule has 2 saturated heterocycles. The molecule has 18 nitrogen and oxygen atoms in total. The van der Waals surface area contributed by atoms with Gasteiger partial charge in [0.25, 0.3) is 11.8 Å². The first-order chi connectivity index (χ1) is 37.5. The first-order valence-electron chi connectivity index (χ1n) is 26.7. The van der Waals surface area contributed by atoms with Crippen molar-refractivity contribution < 1.29 is 33.4 Å². The Labute approximate surface area is 462 Å². The van der Waals surface area contributed by atoms with Crippen LogP contribution in [0.25, 0.3) is 22.3 Å². The van der Waals surface area contributed by atoms with Crippen molar-refractivity contribution in [2.24, 2.45) is 5.92 Å². The lowest BCUT2D eigenvalue weighted by atomic mass is 9.84. The Balaban J connectivity index is 0.00000882. The number of nitrogen functional groups attached to an aromatic ring is 1. The summed E-state index contributed by atoms with van der Waals surface area (Å²) >= 11 is 0. The van der Waals surface area contributed by atoms with Crippen LogP contribution in [0.2, 0.25) is 0 Å². The molecule has 410 valence electrons. The van der Waals surface area contributed by atoms with Gasteiger partial charge in [0.1, 0.15) is 29.1 Å². The van der Waals surface area contributed by atoms with Crippen molar-refractivity contribution in [1.29, 1.82) is 5.26 Å². The number of hydrogen-bond acceptors (Lipinski definition) is 14. The number of halogens is 1. The molecule has 2 aromatic heterocycles. The Morgan fingerprint density at radius 2 is 1.53 bits per heavy atom. The van der Waals surface area contributed by atoms with Gasteiger partial charge in [0.15, 0.2) is 0 Å². The highest BCUT2D eigenvalue weighted by Crippen LogP contribution is 2.42. The van der Waals surface area contributed by atoms with E-state index in [0.29, 0.717) is 105 Å². The molecule has 8 rings (SSSR count). The number of aromatic nitrogens is 3. The Morgan fingerprint density at radius 1 is 0.795 bits per heavy atom. The second-order valence-electron chi connectivity index (χ2n) is 19.6. The number of aryl methyl sites for hydroxylation is 1. The van der Waals surface area contributed by atoms with Gasteiger partial charge < -0.3 is 51.4 Å². The summed E-state index contributed by atoms with van der Waals surface area (Å²) in [5.74, 6) is 7.01. The summed E-state index contributed by atoms with van der Waals surface area (Å²) in [4.78, 5) is 69.1. The van der Waals surface area contributed by atoms with Crippen LogP contribution in [-0.4, -0.2) is 123 Å². The number of ether oxygens (including phenoxy) is 3. The third-order valence-corrected chi connectivity index (χ3v) is 14.0. The molecule has 3 aromatic carbocycles. The number of rotatable bonds is 23. The van der Waals surface area contributed by atoms with Crippen LogP contribution in [0.4, 0.5) is 11.5 Å². The van der Waals surface area contributed by atoms with Crippen LogP contribution in [0.15, 0.2) is 91.0 Å². The number of nitrogens with two attached hydrogens (primary N) is 1. The summed E-state index contributed by atoms with van der Waals surface area (Å²) in [5.41, 5.74) is 12.4. The monoisotopic (exact) mass is 1080 g/mol. The van der Waals surface area contributed by atoms with Crippen molar-refractivity contribution in [1.82, 2.24) is 41.5 Å². The van der Waals surface area contributed by atoms with Crippen molar-refractivity contribution in [2.45, 2.75) is 89.4 Å². The molecule has 0 radical (unpaired) electrons. The summed E-state index contributed by atoms with van der Waals surface area (Å²) in [6, 6.07) is 29.2. The number of pyridine rings is 1. The molecule has 1 aliphatic carbocycles. The number of carbonyl (C=O) groups excluding carboxylic acids is 4. The summed E-state index contributed by atoms with van der Waals surface area (Å²) in [6.45, 7) is 7.90. The molecule has 3 aliphatic rings. The van der Waals surface area contributed by atoms with E-state index < -0.39 is 12.1 Å². The third kappa shape index (κ3) is 16.5. The number of amides is 4. The molecule has 0 spiro atoms. The number of carbonyl (C=O) groups is 4. The van der Waals surface area contributed by atoms with E-state index in [4.69, 9.17) is 29.9 Å². The van der Waals surface area contributed by atoms with Crippen molar-refractivity contribution in [3.8, 4) is 40.2 Å². The Bertz CT molecular complexity index is 2940. The standard InChI is InChI=1S/C59H69N11O7.ClH/c1-39(65-57(72)44-15-13-42(14-16-44)43-17-19-48(61)20-18-43)51-36-55(67-40(2)66-51)70-53-12-4-3-9-46(53)35-54(70)59(74)64-25-27-76-29-31-77-30-28-75-26-22-56(71)63-23-6-5-11-49-33-47(45-10-7-8-41(32-45)37-60)34-52(68-49)58(73)69-50-21-24-62-38-50;/h7-8,10,13-20,32-34,36,39,46,50,53-54,62H,3-4,6,9,12,21-31,35,38,61H2,1-2H3,(H,63,71)(H,64,74)(H,65,72)(H,69,73);1H/t39-,46-,50+,53-,54-;/m0./s1. The number of benzene rings is 3. The molecule has 78 heavy (non-hydrogen) atoms. The maximum absolute atomic E-state index is 13.9. The minimum absolute atomic E-state index is 0. The Kier molecular flexibility index (Phi) is 21.9. The molecule has 2 aliphatic heterocycles. The fourth-order valence-electron chi connectivity index (χ4n) is 10.1. The smallest absolute Gasteiger partial charge is 0.270 e. The van der Waals surface area contributed by atoms with E-state index in [1.807, 2.05) is 74.5 Å². The second-order valence-corrected chi connectivity index (χ2v) is 19.6. The van der Waals surface area contributed by atoms with Crippen molar-refractivity contribution in [2.75, 3.05) is 76.5 Å². The predicted molar refractivity (Wildman–Crippen MR) is 301 cm³/mol. The number of fused-ring (bicyclic) bond motifs is 1. The highest BCUT2D eigenvalue weighted by Gasteiger charge is 2.46. The Morgan fingerprint density at radius 3 is 2.27 bits per heavy atom. The van der Waals surface area contributed by atoms with Gasteiger partial charge in [0, 0.05) is 61.9 Å². The van der Waals surface area contributed by atoms with Gasteiger partial charge in [-0.2, -0.15) is 5.26 Å². The molecular weight excluding hydrogens is 1010 g/mol.